The summed E-state index contributed by atoms with van der Waals surface area (Å²) in [5, 5.41) is 4.31. The first-order valence-electron chi connectivity index (χ1n) is 5.81. The average molecular weight is 318 g/mol. The number of benzene rings is 1. The van der Waals surface area contributed by atoms with Gasteiger partial charge in [-0.15, -0.1) is 0 Å². The lowest BCUT2D eigenvalue weighted by atomic mass is 10.2. The molecule has 0 atom stereocenters. The van der Waals surface area contributed by atoms with Crippen molar-refractivity contribution in [3.63, 3.8) is 0 Å². The molecule has 0 saturated heterocycles. The van der Waals surface area contributed by atoms with Gasteiger partial charge in [0, 0.05) is 11.6 Å². The third kappa shape index (κ3) is 3.00. The molecule has 0 aliphatic carbocycles. The molecule has 19 heavy (non-hydrogen) atoms. The van der Waals surface area contributed by atoms with Gasteiger partial charge in [0.25, 0.3) is 5.56 Å². The maximum Gasteiger partial charge on any atom is 0.262 e. The maximum absolute atomic E-state index is 12.4. The first-order chi connectivity index (χ1) is 9.04. The van der Waals surface area contributed by atoms with Gasteiger partial charge in [-0.1, -0.05) is 23.2 Å². The monoisotopic (exact) mass is 317 g/mol. The predicted molar refractivity (Wildman–Crippen MR) is 82.0 cm³/mol. The molecular weight excluding hydrogens is 305 g/mol. The summed E-state index contributed by atoms with van der Waals surface area (Å²) in [6.45, 7) is 1.37. The van der Waals surface area contributed by atoms with E-state index in [2.05, 4.69) is 10.3 Å². The molecule has 2 rings (SSSR count). The van der Waals surface area contributed by atoms with Crippen molar-refractivity contribution in [3.05, 3.63) is 37.3 Å². The number of hydrogen-bond donors (Lipinski definition) is 2. The molecular formula is C12H13Cl2N3OS. The molecule has 2 N–H and O–H groups in total. The third-order valence-corrected chi connectivity index (χ3v) is 3.65. The van der Waals surface area contributed by atoms with E-state index >= 15 is 0 Å². The van der Waals surface area contributed by atoms with Gasteiger partial charge in [0.15, 0.2) is 4.77 Å². The van der Waals surface area contributed by atoms with E-state index in [4.69, 9.17) is 35.4 Å². The van der Waals surface area contributed by atoms with Crippen LogP contribution in [0, 0.1) is 4.77 Å². The second-order valence-electron chi connectivity index (χ2n) is 4.15. The standard InChI is InChI=1S/C12H13Cl2N3OS/c1-15-3-2-4-17-11(18)8-5-7(13)6-9(14)10(8)16-12(17)19/h5-6,15H,2-4H2,1H3,(H,16,19). The number of rotatable bonds is 4. The molecule has 0 radical (unpaired) electrons. The Morgan fingerprint density at radius 1 is 1.42 bits per heavy atom. The van der Waals surface area contributed by atoms with Crippen molar-refractivity contribution < 1.29 is 0 Å². The van der Waals surface area contributed by atoms with Crippen LogP contribution >= 0.6 is 35.4 Å². The molecule has 4 nitrogen and oxygen atoms in total. The lowest BCUT2D eigenvalue weighted by molar-refractivity contribution is 0.588. The lowest BCUT2D eigenvalue weighted by Crippen LogP contribution is -2.24. The van der Waals surface area contributed by atoms with Crippen LogP contribution in [0.3, 0.4) is 0 Å². The first-order valence-corrected chi connectivity index (χ1v) is 6.97. The maximum atomic E-state index is 12.4. The van der Waals surface area contributed by atoms with Gasteiger partial charge < -0.3 is 10.3 Å². The van der Waals surface area contributed by atoms with Gasteiger partial charge in [-0.05, 0) is 44.4 Å². The first kappa shape index (κ1) is 14.5. The summed E-state index contributed by atoms with van der Waals surface area (Å²) in [4.78, 5) is 15.4. The molecule has 7 heteroatoms. The van der Waals surface area contributed by atoms with Crippen LogP contribution in [0.4, 0.5) is 0 Å². The Bertz CT molecular complexity index is 723. The minimum Gasteiger partial charge on any atom is -0.330 e. The zero-order chi connectivity index (χ0) is 14.0. The number of H-pyrrole nitrogens is 1. The molecule has 0 bridgehead atoms. The summed E-state index contributed by atoms with van der Waals surface area (Å²) in [7, 11) is 1.86. The fraction of sp³-hybridized carbons (Fsp3) is 0.333. The number of fused-ring (bicyclic) bond motifs is 1. The lowest BCUT2D eigenvalue weighted by Gasteiger charge is -2.09. The molecule has 0 aliphatic heterocycles. The van der Waals surface area contributed by atoms with Gasteiger partial charge in [0.1, 0.15) is 0 Å². The number of hydrogen-bond acceptors (Lipinski definition) is 3. The van der Waals surface area contributed by atoms with Crippen molar-refractivity contribution in [1.82, 2.24) is 14.9 Å². The largest absolute Gasteiger partial charge is 0.330 e. The van der Waals surface area contributed by atoms with Crippen LogP contribution in [-0.2, 0) is 6.54 Å². The molecule has 0 unspecified atom stereocenters. The quantitative estimate of drug-likeness (QED) is 0.673. The Kier molecular flexibility index (Phi) is 4.62. The minimum absolute atomic E-state index is 0.167. The van der Waals surface area contributed by atoms with Gasteiger partial charge in [0.2, 0.25) is 0 Å². The molecule has 102 valence electrons. The van der Waals surface area contributed by atoms with Crippen molar-refractivity contribution in [3.8, 4) is 0 Å². The van der Waals surface area contributed by atoms with Crippen LogP contribution in [0.2, 0.25) is 10.0 Å². The average Bonchev–Trinajstić information content (AvgIpc) is 2.35. The molecule has 1 aromatic carbocycles. The van der Waals surface area contributed by atoms with Gasteiger partial charge in [-0.25, -0.2) is 0 Å². The van der Waals surface area contributed by atoms with E-state index < -0.39 is 0 Å². The van der Waals surface area contributed by atoms with E-state index in [9.17, 15) is 4.79 Å². The second kappa shape index (κ2) is 6.05. The predicted octanol–water partition coefficient (Wildman–Crippen LogP) is 2.98. The van der Waals surface area contributed by atoms with Crippen molar-refractivity contribution in [2.45, 2.75) is 13.0 Å². The SMILES string of the molecule is CNCCCn1c(=S)[nH]c2c(Cl)cc(Cl)cc2c1=O. The summed E-state index contributed by atoms with van der Waals surface area (Å²) in [5.41, 5.74) is 0.366. The summed E-state index contributed by atoms with van der Waals surface area (Å²) >= 11 is 17.2. The second-order valence-corrected chi connectivity index (χ2v) is 5.38. The number of nitrogens with one attached hydrogen (secondary N) is 2. The van der Waals surface area contributed by atoms with Crippen LogP contribution < -0.4 is 10.9 Å². The van der Waals surface area contributed by atoms with Crippen LogP contribution in [0.1, 0.15) is 6.42 Å². The van der Waals surface area contributed by atoms with Gasteiger partial charge in [-0.2, -0.15) is 0 Å². The number of halogens is 2. The normalized spacial score (nSPS) is 11.1. The Labute approximate surface area is 125 Å². The van der Waals surface area contributed by atoms with Gasteiger partial charge in [0.05, 0.1) is 15.9 Å². The topological polar surface area (TPSA) is 49.8 Å². The molecule has 0 amide bonds. The van der Waals surface area contributed by atoms with E-state index in [0.29, 0.717) is 32.3 Å². The summed E-state index contributed by atoms with van der Waals surface area (Å²) in [5.74, 6) is 0. The molecule has 0 fully saturated rings. The smallest absolute Gasteiger partial charge is 0.262 e. The van der Waals surface area contributed by atoms with Crippen molar-refractivity contribution in [2.24, 2.45) is 0 Å². The summed E-state index contributed by atoms with van der Waals surface area (Å²) in [6.07, 6.45) is 0.813. The van der Waals surface area contributed by atoms with E-state index in [0.717, 1.165) is 13.0 Å². The van der Waals surface area contributed by atoms with Crippen molar-refractivity contribution >= 4 is 46.3 Å². The molecule has 0 spiro atoms. The molecule has 2 aromatic rings. The number of aromatic nitrogens is 2. The molecule has 0 aliphatic rings. The van der Waals surface area contributed by atoms with Crippen LogP contribution in [0.5, 0.6) is 0 Å². The van der Waals surface area contributed by atoms with Crippen molar-refractivity contribution in [1.29, 1.82) is 0 Å². The molecule has 1 heterocycles. The summed E-state index contributed by atoms with van der Waals surface area (Å²) < 4.78 is 1.90. The van der Waals surface area contributed by atoms with Crippen molar-refractivity contribution in [2.75, 3.05) is 13.6 Å². The number of aromatic amines is 1. The number of nitrogens with zero attached hydrogens (tertiary/aromatic N) is 1. The van der Waals surface area contributed by atoms with E-state index in [1.165, 1.54) is 4.57 Å². The van der Waals surface area contributed by atoms with Crippen LogP contribution in [0.15, 0.2) is 16.9 Å². The Hall–Kier alpha value is -0.880. The fourth-order valence-corrected chi connectivity index (χ4v) is 2.72. The summed E-state index contributed by atoms with van der Waals surface area (Å²) in [6, 6.07) is 3.19. The Morgan fingerprint density at radius 2 is 2.16 bits per heavy atom. The zero-order valence-electron chi connectivity index (χ0n) is 10.3. The molecule has 1 aromatic heterocycles. The van der Waals surface area contributed by atoms with E-state index in [1.807, 2.05) is 7.05 Å². The van der Waals surface area contributed by atoms with E-state index in [-0.39, 0.29) is 5.56 Å². The minimum atomic E-state index is -0.167. The van der Waals surface area contributed by atoms with Gasteiger partial charge in [-0.3, -0.25) is 9.36 Å². The Balaban J connectivity index is 2.61. The zero-order valence-corrected chi connectivity index (χ0v) is 12.6. The van der Waals surface area contributed by atoms with Crippen LogP contribution in [0.25, 0.3) is 10.9 Å². The highest BCUT2D eigenvalue weighted by Crippen LogP contribution is 2.24. The highest BCUT2D eigenvalue weighted by molar-refractivity contribution is 7.71. The van der Waals surface area contributed by atoms with Crippen LogP contribution in [-0.4, -0.2) is 23.1 Å². The highest BCUT2D eigenvalue weighted by atomic mass is 35.5. The third-order valence-electron chi connectivity index (χ3n) is 2.82. The van der Waals surface area contributed by atoms with Gasteiger partial charge >= 0.3 is 0 Å². The Morgan fingerprint density at radius 3 is 2.84 bits per heavy atom. The molecule has 0 saturated carbocycles. The van der Waals surface area contributed by atoms with E-state index in [1.54, 1.807) is 12.1 Å². The highest BCUT2D eigenvalue weighted by Gasteiger charge is 2.09. The fourth-order valence-electron chi connectivity index (χ4n) is 1.90.